The van der Waals surface area contributed by atoms with E-state index in [4.69, 9.17) is 5.73 Å². The van der Waals surface area contributed by atoms with Crippen molar-refractivity contribution in [3.8, 4) is 0 Å². The Bertz CT molecular complexity index is 582. The molecule has 0 fully saturated rings. The summed E-state index contributed by atoms with van der Waals surface area (Å²) in [5.74, 6) is 0.373. The molecular formula is C13H18N4OS. The van der Waals surface area contributed by atoms with Gasteiger partial charge in [0, 0.05) is 18.4 Å². The summed E-state index contributed by atoms with van der Waals surface area (Å²) in [5, 5.41) is 4.44. The smallest absolute Gasteiger partial charge is 0.0753 e. The summed E-state index contributed by atoms with van der Waals surface area (Å²) in [6.45, 7) is 4.22. The molecule has 0 aliphatic carbocycles. The molecular weight excluding hydrogens is 260 g/mol. The Morgan fingerprint density at radius 3 is 2.95 bits per heavy atom. The molecule has 0 amide bonds. The van der Waals surface area contributed by atoms with Crippen LogP contribution in [0, 0.1) is 0 Å². The van der Waals surface area contributed by atoms with Gasteiger partial charge in [-0.15, -0.1) is 0 Å². The van der Waals surface area contributed by atoms with Gasteiger partial charge in [0.1, 0.15) is 0 Å². The SMILES string of the molecule is CCC(C)n1ccc(CS(=O)c2ccncc2N)n1. The molecule has 2 atom stereocenters. The Balaban J connectivity index is 2.11. The van der Waals surface area contributed by atoms with E-state index in [0.29, 0.717) is 22.4 Å². The van der Waals surface area contributed by atoms with Gasteiger partial charge in [-0.3, -0.25) is 13.9 Å². The second kappa shape index (κ2) is 5.97. The zero-order valence-corrected chi connectivity index (χ0v) is 11.9. The second-order valence-corrected chi connectivity index (χ2v) is 5.87. The number of nitrogens with zero attached hydrogens (tertiary/aromatic N) is 3. The van der Waals surface area contributed by atoms with Gasteiger partial charge in [0.25, 0.3) is 0 Å². The zero-order chi connectivity index (χ0) is 13.8. The van der Waals surface area contributed by atoms with Crippen molar-refractivity contribution in [2.45, 2.75) is 37.0 Å². The molecule has 0 aliphatic rings. The average molecular weight is 278 g/mol. The van der Waals surface area contributed by atoms with Crippen molar-refractivity contribution in [3.05, 3.63) is 36.4 Å². The summed E-state index contributed by atoms with van der Waals surface area (Å²) < 4.78 is 14.1. The maximum atomic E-state index is 12.2. The molecule has 5 nitrogen and oxygen atoms in total. The largest absolute Gasteiger partial charge is 0.396 e. The lowest BCUT2D eigenvalue weighted by atomic mass is 10.3. The first-order chi connectivity index (χ1) is 9.11. The first-order valence-electron chi connectivity index (χ1n) is 6.23. The lowest BCUT2D eigenvalue weighted by Gasteiger charge is -2.08. The quantitative estimate of drug-likeness (QED) is 0.909. The third-order valence-corrected chi connectivity index (χ3v) is 4.46. The number of nitrogens with two attached hydrogens (primary N) is 1. The van der Waals surface area contributed by atoms with Gasteiger partial charge in [0.05, 0.1) is 39.0 Å². The molecule has 0 saturated heterocycles. The van der Waals surface area contributed by atoms with Crippen LogP contribution >= 0.6 is 0 Å². The number of pyridine rings is 1. The van der Waals surface area contributed by atoms with Crippen molar-refractivity contribution in [3.63, 3.8) is 0 Å². The predicted octanol–water partition coefficient (Wildman–Crippen LogP) is 2.14. The molecule has 0 spiro atoms. The Labute approximate surface area is 115 Å². The highest BCUT2D eigenvalue weighted by atomic mass is 32.2. The molecule has 2 aromatic heterocycles. The van der Waals surface area contributed by atoms with Crippen LogP contribution in [0.3, 0.4) is 0 Å². The van der Waals surface area contributed by atoms with Crippen molar-refractivity contribution in [1.82, 2.24) is 14.8 Å². The Morgan fingerprint density at radius 2 is 2.26 bits per heavy atom. The summed E-state index contributed by atoms with van der Waals surface area (Å²) in [6, 6.07) is 3.95. The number of anilines is 1. The molecule has 0 saturated carbocycles. The standard InChI is InChI=1S/C13H18N4OS/c1-3-10(2)17-7-5-11(16-17)9-19(18)13-4-6-15-8-12(13)14/h4-8,10H,3,9,14H2,1-2H3. The van der Waals surface area contributed by atoms with Crippen LogP contribution in [0.25, 0.3) is 0 Å². The first-order valence-corrected chi connectivity index (χ1v) is 7.55. The fourth-order valence-corrected chi connectivity index (χ4v) is 2.81. The van der Waals surface area contributed by atoms with E-state index in [1.54, 1.807) is 12.3 Å². The topological polar surface area (TPSA) is 73.8 Å². The maximum absolute atomic E-state index is 12.2. The molecule has 2 N–H and O–H groups in total. The Morgan fingerprint density at radius 1 is 1.47 bits per heavy atom. The summed E-state index contributed by atoms with van der Waals surface area (Å²) >= 11 is 0. The number of aromatic nitrogens is 3. The van der Waals surface area contributed by atoms with Crippen LogP contribution in [-0.2, 0) is 16.6 Å². The van der Waals surface area contributed by atoms with Crippen molar-refractivity contribution < 1.29 is 4.21 Å². The Kier molecular flexibility index (Phi) is 4.31. The third-order valence-electron chi connectivity index (χ3n) is 3.04. The molecule has 19 heavy (non-hydrogen) atoms. The van der Waals surface area contributed by atoms with Gasteiger partial charge in [-0.1, -0.05) is 6.92 Å². The Hall–Kier alpha value is -1.69. The number of hydrogen-bond acceptors (Lipinski definition) is 4. The molecule has 2 heterocycles. The van der Waals surface area contributed by atoms with E-state index in [2.05, 4.69) is 23.9 Å². The highest BCUT2D eigenvalue weighted by molar-refractivity contribution is 7.84. The molecule has 6 heteroatoms. The minimum atomic E-state index is -1.19. The van der Waals surface area contributed by atoms with E-state index in [9.17, 15) is 4.21 Å². The fraction of sp³-hybridized carbons (Fsp3) is 0.385. The van der Waals surface area contributed by atoms with Crippen LogP contribution in [0.1, 0.15) is 32.0 Å². The fourth-order valence-electron chi connectivity index (χ4n) is 1.70. The zero-order valence-electron chi connectivity index (χ0n) is 11.1. The molecule has 102 valence electrons. The lowest BCUT2D eigenvalue weighted by molar-refractivity contribution is 0.475. The van der Waals surface area contributed by atoms with Gasteiger partial charge in [-0.05, 0) is 25.5 Å². The molecule has 2 unspecified atom stereocenters. The molecule has 0 aromatic carbocycles. The number of hydrogen-bond donors (Lipinski definition) is 1. The van der Waals surface area contributed by atoms with E-state index in [1.165, 1.54) is 6.20 Å². The number of nitrogen functional groups attached to an aromatic ring is 1. The van der Waals surface area contributed by atoms with Gasteiger partial charge in [-0.25, -0.2) is 0 Å². The van der Waals surface area contributed by atoms with Crippen molar-refractivity contribution in [2.24, 2.45) is 0 Å². The van der Waals surface area contributed by atoms with Gasteiger partial charge in [0.15, 0.2) is 0 Å². The molecule has 0 aliphatic heterocycles. The normalized spacial score (nSPS) is 14.2. The van der Waals surface area contributed by atoms with E-state index >= 15 is 0 Å². The minimum absolute atomic E-state index is 0.355. The molecule has 0 bridgehead atoms. The van der Waals surface area contributed by atoms with Crippen molar-refractivity contribution >= 4 is 16.5 Å². The molecule has 2 aromatic rings. The van der Waals surface area contributed by atoms with E-state index in [0.717, 1.165) is 12.1 Å². The summed E-state index contributed by atoms with van der Waals surface area (Å²) in [5.41, 5.74) is 7.04. The van der Waals surface area contributed by atoms with Crippen LogP contribution in [0.5, 0.6) is 0 Å². The number of rotatable bonds is 5. The van der Waals surface area contributed by atoms with Crippen LogP contribution in [-0.4, -0.2) is 19.0 Å². The molecule has 2 rings (SSSR count). The summed E-state index contributed by atoms with van der Waals surface area (Å²) in [7, 11) is -1.19. The average Bonchev–Trinajstić information content (AvgIpc) is 2.86. The van der Waals surface area contributed by atoms with Crippen LogP contribution in [0.2, 0.25) is 0 Å². The highest BCUT2D eigenvalue weighted by Crippen LogP contribution is 2.17. The lowest BCUT2D eigenvalue weighted by Crippen LogP contribution is -2.06. The van der Waals surface area contributed by atoms with Gasteiger partial charge >= 0.3 is 0 Å². The molecule has 0 radical (unpaired) electrons. The van der Waals surface area contributed by atoms with E-state index in [1.807, 2.05) is 16.9 Å². The first kappa shape index (κ1) is 13.7. The summed E-state index contributed by atoms with van der Waals surface area (Å²) in [6.07, 6.45) is 6.06. The van der Waals surface area contributed by atoms with Gasteiger partial charge in [0.2, 0.25) is 0 Å². The van der Waals surface area contributed by atoms with Gasteiger partial charge in [-0.2, -0.15) is 5.10 Å². The van der Waals surface area contributed by atoms with Gasteiger partial charge < -0.3 is 5.73 Å². The second-order valence-electron chi connectivity index (χ2n) is 4.45. The van der Waals surface area contributed by atoms with Crippen molar-refractivity contribution in [1.29, 1.82) is 0 Å². The van der Waals surface area contributed by atoms with E-state index < -0.39 is 10.8 Å². The summed E-state index contributed by atoms with van der Waals surface area (Å²) in [4.78, 5) is 4.51. The van der Waals surface area contributed by atoms with Crippen LogP contribution in [0.4, 0.5) is 5.69 Å². The highest BCUT2D eigenvalue weighted by Gasteiger charge is 2.11. The predicted molar refractivity (Wildman–Crippen MR) is 76.0 cm³/mol. The third kappa shape index (κ3) is 3.20. The van der Waals surface area contributed by atoms with Crippen LogP contribution in [0.15, 0.2) is 35.6 Å². The minimum Gasteiger partial charge on any atom is -0.396 e. The van der Waals surface area contributed by atoms with E-state index in [-0.39, 0.29) is 0 Å². The van der Waals surface area contributed by atoms with Crippen molar-refractivity contribution in [2.75, 3.05) is 5.73 Å². The van der Waals surface area contributed by atoms with Crippen LogP contribution < -0.4 is 5.73 Å². The monoisotopic (exact) mass is 278 g/mol. The maximum Gasteiger partial charge on any atom is 0.0753 e.